The highest BCUT2D eigenvalue weighted by Gasteiger charge is 2.16. The molecule has 1 fully saturated rings. The Labute approximate surface area is 124 Å². The Bertz CT molecular complexity index is 380. The van der Waals surface area contributed by atoms with Gasteiger partial charge in [0.05, 0.1) is 6.10 Å². The Kier molecular flexibility index (Phi) is 6.31. The standard InChI is InChI=1S/C15H23BrN2O/c16-15-9-2-1-5-12(15)11-13(18-17)6-3-7-14-8-4-10-19-14/h1-2,5,9,13-14,18H,3-4,6-8,10-11,17H2. The molecule has 0 radical (unpaired) electrons. The predicted molar refractivity (Wildman–Crippen MR) is 81.8 cm³/mol. The van der Waals surface area contributed by atoms with Crippen molar-refractivity contribution in [3.63, 3.8) is 0 Å². The van der Waals surface area contributed by atoms with Crippen molar-refractivity contribution in [2.24, 2.45) is 5.84 Å². The molecule has 1 aromatic carbocycles. The fraction of sp³-hybridized carbons (Fsp3) is 0.600. The van der Waals surface area contributed by atoms with E-state index in [0.29, 0.717) is 12.1 Å². The van der Waals surface area contributed by atoms with Crippen LogP contribution < -0.4 is 11.3 Å². The zero-order chi connectivity index (χ0) is 13.5. The summed E-state index contributed by atoms with van der Waals surface area (Å²) in [7, 11) is 0. The van der Waals surface area contributed by atoms with Crippen LogP contribution in [0, 0.1) is 0 Å². The van der Waals surface area contributed by atoms with Crippen LogP contribution in [0.5, 0.6) is 0 Å². The number of hydrogen-bond donors (Lipinski definition) is 2. The summed E-state index contributed by atoms with van der Waals surface area (Å²) in [5.74, 6) is 5.67. The van der Waals surface area contributed by atoms with Crippen molar-refractivity contribution in [3.8, 4) is 0 Å². The normalized spacial score (nSPS) is 20.6. The van der Waals surface area contributed by atoms with E-state index in [-0.39, 0.29) is 0 Å². The van der Waals surface area contributed by atoms with E-state index in [1.807, 2.05) is 6.07 Å². The monoisotopic (exact) mass is 326 g/mol. The largest absolute Gasteiger partial charge is 0.378 e. The van der Waals surface area contributed by atoms with Crippen LogP contribution in [0.4, 0.5) is 0 Å². The maximum Gasteiger partial charge on any atom is 0.0576 e. The molecule has 0 saturated carbocycles. The molecule has 1 aliphatic heterocycles. The van der Waals surface area contributed by atoms with Gasteiger partial charge < -0.3 is 4.74 Å². The summed E-state index contributed by atoms with van der Waals surface area (Å²) >= 11 is 3.59. The molecule has 1 aliphatic rings. The second-order valence-corrected chi connectivity index (χ2v) is 6.08. The van der Waals surface area contributed by atoms with E-state index in [0.717, 1.165) is 30.3 Å². The highest BCUT2D eigenvalue weighted by molar-refractivity contribution is 9.10. The zero-order valence-corrected chi connectivity index (χ0v) is 12.9. The average molecular weight is 327 g/mol. The maximum absolute atomic E-state index is 5.67. The summed E-state index contributed by atoms with van der Waals surface area (Å²) in [5, 5.41) is 0. The van der Waals surface area contributed by atoms with Crippen LogP contribution in [-0.4, -0.2) is 18.8 Å². The smallest absolute Gasteiger partial charge is 0.0576 e. The second-order valence-electron chi connectivity index (χ2n) is 5.23. The van der Waals surface area contributed by atoms with Crippen molar-refractivity contribution in [3.05, 3.63) is 34.3 Å². The summed E-state index contributed by atoms with van der Waals surface area (Å²) in [6.45, 7) is 0.945. The summed E-state index contributed by atoms with van der Waals surface area (Å²) in [6.07, 6.45) is 7.33. The Morgan fingerprint density at radius 1 is 1.42 bits per heavy atom. The van der Waals surface area contributed by atoms with E-state index in [9.17, 15) is 0 Å². The number of nitrogens with two attached hydrogens (primary N) is 1. The lowest BCUT2D eigenvalue weighted by Gasteiger charge is -2.17. The first-order valence-corrected chi connectivity index (χ1v) is 7.90. The van der Waals surface area contributed by atoms with Crippen LogP contribution in [-0.2, 0) is 11.2 Å². The molecule has 2 rings (SSSR count). The Hall–Kier alpha value is -0.420. The summed E-state index contributed by atoms with van der Waals surface area (Å²) in [6, 6.07) is 8.67. The number of hydrogen-bond acceptors (Lipinski definition) is 3. The second kappa shape index (κ2) is 8.00. The van der Waals surface area contributed by atoms with Gasteiger partial charge in [-0.05, 0) is 50.2 Å². The van der Waals surface area contributed by atoms with Gasteiger partial charge in [-0.15, -0.1) is 0 Å². The molecule has 0 bridgehead atoms. The molecular weight excluding hydrogens is 304 g/mol. The minimum absolute atomic E-state index is 0.333. The number of benzene rings is 1. The molecule has 4 heteroatoms. The number of nitrogens with one attached hydrogen (secondary N) is 1. The van der Waals surface area contributed by atoms with Gasteiger partial charge in [0.15, 0.2) is 0 Å². The van der Waals surface area contributed by atoms with Crippen LogP contribution in [0.1, 0.15) is 37.7 Å². The SMILES string of the molecule is NNC(CCCC1CCCO1)Cc1ccccc1Br. The topological polar surface area (TPSA) is 47.3 Å². The van der Waals surface area contributed by atoms with E-state index in [1.54, 1.807) is 0 Å². The molecule has 0 aliphatic carbocycles. The lowest BCUT2D eigenvalue weighted by atomic mass is 10.00. The van der Waals surface area contributed by atoms with Crippen LogP contribution in [0.15, 0.2) is 28.7 Å². The van der Waals surface area contributed by atoms with Crippen molar-refractivity contribution < 1.29 is 4.74 Å². The first-order valence-electron chi connectivity index (χ1n) is 7.10. The lowest BCUT2D eigenvalue weighted by Crippen LogP contribution is -2.37. The van der Waals surface area contributed by atoms with Gasteiger partial charge in [-0.2, -0.15) is 0 Å². The number of rotatable bonds is 7. The van der Waals surface area contributed by atoms with E-state index >= 15 is 0 Å². The molecule has 0 spiro atoms. The fourth-order valence-electron chi connectivity index (χ4n) is 2.64. The van der Waals surface area contributed by atoms with Gasteiger partial charge in [0.25, 0.3) is 0 Å². The van der Waals surface area contributed by atoms with Crippen molar-refractivity contribution in [2.45, 2.75) is 50.7 Å². The molecule has 2 unspecified atom stereocenters. The summed E-state index contributed by atoms with van der Waals surface area (Å²) in [4.78, 5) is 0. The van der Waals surface area contributed by atoms with Gasteiger partial charge in [0, 0.05) is 17.1 Å². The maximum atomic E-state index is 5.67. The van der Waals surface area contributed by atoms with Crippen molar-refractivity contribution in [1.29, 1.82) is 0 Å². The highest BCUT2D eigenvalue weighted by atomic mass is 79.9. The molecule has 1 saturated heterocycles. The van der Waals surface area contributed by atoms with E-state index in [4.69, 9.17) is 10.6 Å². The minimum atomic E-state index is 0.333. The van der Waals surface area contributed by atoms with Crippen LogP contribution in [0.2, 0.25) is 0 Å². The van der Waals surface area contributed by atoms with Gasteiger partial charge in [-0.3, -0.25) is 11.3 Å². The van der Waals surface area contributed by atoms with Gasteiger partial charge in [0.1, 0.15) is 0 Å². The van der Waals surface area contributed by atoms with Gasteiger partial charge in [0.2, 0.25) is 0 Å². The third-order valence-electron chi connectivity index (χ3n) is 3.76. The molecule has 0 amide bonds. The molecule has 1 aromatic rings. The first kappa shape index (κ1) is 15.0. The number of ether oxygens (including phenoxy) is 1. The number of halogens is 1. The van der Waals surface area contributed by atoms with Crippen molar-refractivity contribution in [1.82, 2.24) is 5.43 Å². The third-order valence-corrected chi connectivity index (χ3v) is 4.54. The summed E-state index contributed by atoms with van der Waals surface area (Å²) < 4.78 is 6.81. The molecule has 1 heterocycles. The Balaban J connectivity index is 1.75. The first-order chi connectivity index (χ1) is 9.29. The molecule has 0 aromatic heterocycles. The molecule has 3 N–H and O–H groups in total. The minimum Gasteiger partial charge on any atom is -0.378 e. The van der Waals surface area contributed by atoms with Crippen molar-refractivity contribution >= 4 is 15.9 Å². The van der Waals surface area contributed by atoms with Gasteiger partial charge >= 0.3 is 0 Å². The van der Waals surface area contributed by atoms with E-state index in [1.165, 1.54) is 24.8 Å². The van der Waals surface area contributed by atoms with Crippen molar-refractivity contribution in [2.75, 3.05) is 6.61 Å². The Morgan fingerprint density at radius 2 is 2.26 bits per heavy atom. The highest BCUT2D eigenvalue weighted by Crippen LogP contribution is 2.21. The van der Waals surface area contributed by atoms with Gasteiger partial charge in [-0.25, -0.2) is 0 Å². The van der Waals surface area contributed by atoms with E-state index < -0.39 is 0 Å². The molecule has 106 valence electrons. The Morgan fingerprint density at radius 3 is 2.95 bits per heavy atom. The van der Waals surface area contributed by atoms with Gasteiger partial charge in [-0.1, -0.05) is 34.1 Å². The molecular formula is C15H23BrN2O. The zero-order valence-electron chi connectivity index (χ0n) is 11.3. The lowest BCUT2D eigenvalue weighted by molar-refractivity contribution is 0.101. The fourth-order valence-corrected chi connectivity index (χ4v) is 3.08. The van der Waals surface area contributed by atoms with E-state index in [2.05, 4.69) is 39.6 Å². The molecule has 19 heavy (non-hydrogen) atoms. The predicted octanol–water partition coefficient (Wildman–Crippen LogP) is 3.17. The molecule has 2 atom stereocenters. The quantitative estimate of drug-likeness (QED) is 0.597. The van der Waals surface area contributed by atoms with Crippen LogP contribution in [0.25, 0.3) is 0 Å². The van der Waals surface area contributed by atoms with Crippen LogP contribution >= 0.6 is 15.9 Å². The molecule has 3 nitrogen and oxygen atoms in total. The summed E-state index contributed by atoms with van der Waals surface area (Å²) in [5.41, 5.74) is 4.25. The van der Waals surface area contributed by atoms with Crippen LogP contribution in [0.3, 0.4) is 0 Å². The third kappa shape index (κ3) is 4.88. The number of hydrazine groups is 1. The average Bonchev–Trinajstić information content (AvgIpc) is 2.93.